The third kappa shape index (κ3) is 8.89. The van der Waals surface area contributed by atoms with Crippen molar-refractivity contribution >= 4 is 0 Å². The van der Waals surface area contributed by atoms with Gasteiger partial charge >= 0.3 is 21.7 Å². The first kappa shape index (κ1) is 9.50. The van der Waals surface area contributed by atoms with Gasteiger partial charge in [-0.2, -0.15) is 0 Å². The van der Waals surface area contributed by atoms with Crippen LogP contribution in [0.1, 0.15) is 6.92 Å². The van der Waals surface area contributed by atoms with Crippen molar-refractivity contribution < 1.29 is 21.7 Å². The third-order valence-corrected chi connectivity index (χ3v) is 0.329. The Labute approximate surface area is 53.8 Å². The number of allylic oxidation sites excluding steroid dienone is 3. The molecule has 0 saturated heterocycles. The van der Waals surface area contributed by atoms with Crippen molar-refractivity contribution in [1.82, 2.24) is 0 Å². The van der Waals surface area contributed by atoms with Crippen LogP contribution < -0.4 is 0 Å². The standard InChI is InChI=1S/C5H8.Ti/c1-3-5-4-2;/h3-5H,1H2,2H3;/q;+2. The van der Waals surface area contributed by atoms with Crippen molar-refractivity contribution in [1.29, 1.82) is 0 Å². The Morgan fingerprint density at radius 2 is 2.00 bits per heavy atom. The van der Waals surface area contributed by atoms with Crippen molar-refractivity contribution in [3.63, 3.8) is 0 Å². The molecule has 0 aromatic rings. The first-order valence-corrected chi connectivity index (χ1v) is 1.65. The second-order valence-corrected chi connectivity index (χ2v) is 0.761. The summed E-state index contributed by atoms with van der Waals surface area (Å²) < 4.78 is 0. The smallest absolute Gasteiger partial charge is 0.0991 e. The molecule has 0 amide bonds. The summed E-state index contributed by atoms with van der Waals surface area (Å²) in [6.45, 7) is 5.42. The summed E-state index contributed by atoms with van der Waals surface area (Å²) in [7, 11) is 0. The van der Waals surface area contributed by atoms with Crippen LogP contribution in [0.25, 0.3) is 0 Å². The van der Waals surface area contributed by atoms with E-state index in [1.807, 2.05) is 19.1 Å². The van der Waals surface area contributed by atoms with Crippen LogP contribution in [0.4, 0.5) is 0 Å². The van der Waals surface area contributed by atoms with Crippen LogP contribution in [0.15, 0.2) is 24.8 Å². The molecular formula is C5H8Ti+2. The average Bonchev–Trinajstić information content (AvgIpc) is 1.41. The van der Waals surface area contributed by atoms with Crippen LogP contribution in [-0.4, -0.2) is 0 Å². The molecule has 0 N–H and O–H groups in total. The van der Waals surface area contributed by atoms with Gasteiger partial charge in [0.05, 0.1) is 0 Å². The molecule has 0 bridgehead atoms. The Morgan fingerprint density at radius 1 is 1.50 bits per heavy atom. The van der Waals surface area contributed by atoms with Gasteiger partial charge in [0, 0.05) is 0 Å². The van der Waals surface area contributed by atoms with E-state index in [4.69, 9.17) is 0 Å². The Kier molecular flexibility index (Phi) is 14.2. The van der Waals surface area contributed by atoms with Crippen molar-refractivity contribution in [3.05, 3.63) is 24.8 Å². The van der Waals surface area contributed by atoms with E-state index in [2.05, 4.69) is 6.58 Å². The van der Waals surface area contributed by atoms with Gasteiger partial charge < -0.3 is 0 Å². The topological polar surface area (TPSA) is 0 Å². The third-order valence-electron chi connectivity index (χ3n) is 0.329. The van der Waals surface area contributed by atoms with Crippen LogP contribution in [0.5, 0.6) is 0 Å². The largest absolute Gasteiger partial charge is 2.00 e. The Morgan fingerprint density at radius 3 is 2.00 bits per heavy atom. The molecule has 0 aromatic carbocycles. The molecular weight excluding hydrogens is 108 g/mol. The molecule has 30 valence electrons. The summed E-state index contributed by atoms with van der Waals surface area (Å²) in [5.41, 5.74) is 0. The molecule has 6 heavy (non-hydrogen) atoms. The average molecular weight is 116 g/mol. The molecule has 0 aromatic heterocycles. The van der Waals surface area contributed by atoms with Crippen LogP contribution in [0.3, 0.4) is 0 Å². The number of rotatable bonds is 1. The second-order valence-electron chi connectivity index (χ2n) is 0.761. The molecule has 0 unspecified atom stereocenters. The SMILES string of the molecule is C=CC=CC.[Ti+2]. The van der Waals surface area contributed by atoms with Gasteiger partial charge in [0.1, 0.15) is 0 Å². The maximum atomic E-state index is 3.46. The van der Waals surface area contributed by atoms with E-state index in [1.165, 1.54) is 0 Å². The first-order valence-electron chi connectivity index (χ1n) is 1.65. The predicted molar refractivity (Wildman–Crippen MR) is 25.0 cm³/mol. The fourth-order valence-corrected chi connectivity index (χ4v) is 0.136. The van der Waals surface area contributed by atoms with E-state index >= 15 is 0 Å². The molecule has 0 atom stereocenters. The molecule has 0 fully saturated rings. The molecule has 1 heteroatoms. The van der Waals surface area contributed by atoms with E-state index < -0.39 is 0 Å². The molecule has 0 saturated carbocycles. The van der Waals surface area contributed by atoms with Crippen LogP contribution in [0.2, 0.25) is 0 Å². The van der Waals surface area contributed by atoms with Crippen LogP contribution in [-0.2, 0) is 21.7 Å². The fraction of sp³-hybridized carbons (Fsp3) is 0.200. The molecule has 0 heterocycles. The van der Waals surface area contributed by atoms with Crippen molar-refractivity contribution in [2.75, 3.05) is 0 Å². The van der Waals surface area contributed by atoms with Crippen LogP contribution >= 0.6 is 0 Å². The van der Waals surface area contributed by atoms with Crippen LogP contribution in [0, 0.1) is 0 Å². The van der Waals surface area contributed by atoms with Crippen molar-refractivity contribution in [2.45, 2.75) is 6.92 Å². The van der Waals surface area contributed by atoms with Gasteiger partial charge in [-0.15, -0.1) is 0 Å². The molecule has 0 nitrogen and oxygen atoms in total. The van der Waals surface area contributed by atoms with Gasteiger partial charge in [-0.3, -0.25) is 0 Å². The molecule has 0 aliphatic rings. The van der Waals surface area contributed by atoms with Gasteiger partial charge in [-0.05, 0) is 6.92 Å². The van der Waals surface area contributed by atoms with Gasteiger partial charge in [-0.25, -0.2) is 0 Å². The molecule has 0 aliphatic carbocycles. The normalized spacial score (nSPS) is 7.50. The summed E-state index contributed by atoms with van der Waals surface area (Å²) in [6.07, 6.45) is 5.58. The van der Waals surface area contributed by atoms with Gasteiger partial charge in [0.15, 0.2) is 0 Å². The monoisotopic (exact) mass is 116 g/mol. The van der Waals surface area contributed by atoms with Gasteiger partial charge in [0.25, 0.3) is 0 Å². The first-order chi connectivity index (χ1) is 2.41. The Hall–Kier alpha value is 0.194. The van der Waals surface area contributed by atoms with E-state index in [-0.39, 0.29) is 21.7 Å². The maximum Gasteiger partial charge on any atom is 2.00 e. The van der Waals surface area contributed by atoms with E-state index in [0.717, 1.165) is 0 Å². The zero-order chi connectivity index (χ0) is 4.12. The zero-order valence-electron chi connectivity index (χ0n) is 3.94. The second kappa shape index (κ2) is 8.96. The predicted octanol–water partition coefficient (Wildman–Crippen LogP) is 1.75. The molecule has 0 radical (unpaired) electrons. The molecule has 0 rings (SSSR count). The minimum Gasteiger partial charge on any atom is -0.0991 e. The number of hydrogen-bond acceptors (Lipinski definition) is 0. The molecule has 0 aliphatic heterocycles. The fourth-order valence-electron chi connectivity index (χ4n) is 0.136. The summed E-state index contributed by atoms with van der Waals surface area (Å²) >= 11 is 0. The summed E-state index contributed by atoms with van der Waals surface area (Å²) in [6, 6.07) is 0. The molecule has 0 spiro atoms. The summed E-state index contributed by atoms with van der Waals surface area (Å²) in [4.78, 5) is 0. The maximum absolute atomic E-state index is 3.46. The quantitative estimate of drug-likeness (QED) is 0.361. The van der Waals surface area contributed by atoms with Gasteiger partial charge in [0.2, 0.25) is 0 Å². The van der Waals surface area contributed by atoms with E-state index in [1.54, 1.807) is 6.08 Å². The summed E-state index contributed by atoms with van der Waals surface area (Å²) in [5, 5.41) is 0. The Balaban J connectivity index is 0. The van der Waals surface area contributed by atoms with E-state index in [9.17, 15) is 0 Å². The minimum atomic E-state index is 0. The van der Waals surface area contributed by atoms with Crippen molar-refractivity contribution in [2.24, 2.45) is 0 Å². The van der Waals surface area contributed by atoms with Gasteiger partial charge in [-0.1, -0.05) is 24.8 Å². The minimum absolute atomic E-state index is 0. The van der Waals surface area contributed by atoms with E-state index in [0.29, 0.717) is 0 Å². The van der Waals surface area contributed by atoms with Crippen molar-refractivity contribution in [3.8, 4) is 0 Å². The Bertz CT molecular complexity index is 45.9. The summed E-state index contributed by atoms with van der Waals surface area (Å²) in [5.74, 6) is 0. The number of hydrogen-bond donors (Lipinski definition) is 0. The zero-order valence-corrected chi connectivity index (χ0v) is 5.50.